The molecule has 0 aliphatic rings. The number of nitrogen functional groups attached to an aromatic ring is 1. The van der Waals surface area contributed by atoms with E-state index in [2.05, 4.69) is 4.98 Å². The van der Waals surface area contributed by atoms with Gasteiger partial charge in [-0.3, -0.25) is 4.98 Å². The maximum absolute atomic E-state index is 13.9. The molecular formula is C15H15FN2O3. The zero-order valence-electron chi connectivity index (χ0n) is 11.7. The van der Waals surface area contributed by atoms with Crippen molar-refractivity contribution in [2.75, 3.05) is 12.3 Å². The van der Waals surface area contributed by atoms with Crippen LogP contribution in [0.4, 0.5) is 10.1 Å². The molecule has 2 aromatic rings. The van der Waals surface area contributed by atoms with Crippen LogP contribution >= 0.6 is 0 Å². The molecule has 5 nitrogen and oxygen atoms in total. The first-order chi connectivity index (χ1) is 10.0. The second-order valence-electron chi connectivity index (χ2n) is 4.28. The number of hydrogen-bond acceptors (Lipinski definition) is 5. The second kappa shape index (κ2) is 6.21. The number of hydrogen-bond donors (Lipinski definition) is 1. The number of benzene rings is 1. The lowest BCUT2D eigenvalue weighted by molar-refractivity contribution is 0.0527. The molecule has 21 heavy (non-hydrogen) atoms. The first-order valence-electron chi connectivity index (χ1n) is 6.38. The van der Waals surface area contributed by atoms with E-state index in [4.69, 9.17) is 15.2 Å². The first kappa shape index (κ1) is 14.8. The van der Waals surface area contributed by atoms with Crippen molar-refractivity contribution in [3.63, 3.8) is 0 Å². The summed E-state index contributed by atoms with van der Waals surface area (Å²) in [5.74, 6) is -0.995. The summed E-state index contributed by atoms with van der Waals surface area (Å²) < 4.78 is 24.3. The molecule has 0 aliphatic carbocycles. The summed E-state index contributed by atoms with van der Waals surface area (Å²) in [6, 6.07) is 5.59. The molecule has 0 saturated carbocycles. The highest BCUT2D eigenvalue weighted by Gasteiger charge is 2.17. The van der Waals surface area contributed by atoms with Gasteiger partial charge in [0.15, 0.2) is 11.6 Å². The number of aromatic nitrogens is 1. The van der Waals surface area contributed by atoms with Gasteiger partial charge in [0.05, 0.1) is 17.9 Å². The van der Waals surface area contributed by atoms with Crippen LogP contribution in [0.2, 0.25) is 0 Å². The van der Waals surface area contributed by atoms with Crippen LogP contribution in [0, 0.1) is 12.7 Å². The quantitative estimate of drug-likeness (QED) is 0.692. The Morgan fingerprint density at radius 2 is 2.14 bits per heavy atom. The van der Waals surface area contributed by atoms with Crippen molar-refractivity contribution in [3.8, 4) is 11.5 Å². The minimum absolute atomic E-state index is 0.00112. The molecule has 0 amide bonds. The zero-order chi connectivity index (χ0) is 15.4. The molecule has 0 fully saturated rings. The molecule has 1 heterocycles. The van der Waals surface area contributed by atoms with Crippen molar-refractivity contribution >= 4 is 11.7 Å². The number of anilines is 1. The summed E-state index contributed by atoms with van der Waals surface area (Å²) in [5, 5.41) is 0. The Bertz CT molecular complexity index is 674. The Balaban J connectivity index is 2.38. The van der Waals surface area contributed by atoms with Crippen LogP contribution in [0.1, 0.15) is 23.0 Å². The zero-order valence-corrected chi connectivity index (χ0v) is 11.7. The van der Waals surface area contributed by atoms with Crippen LogP contribution < -0.4 is 10.5 Å². The molecule has 6 heteroatoms. The number of halogens is 1. The summed E-state index contributed by atoms with van der Waals surface area (Å²) in [4.78, 5) is 15.8. The lowest BCUT2D eigenvalue weighted by Gasteiger charge is -2.11. The number of pyridine rings is 1. The SMILES string of the molecule is CCOC(=O)c1cc(Oc2cccnc2C)c(F)cc1N. The Morgan fingerprint density at radius 3 is 2.81 bits per heavy atom. The van der Waals surface area contributed by atoms with Gasteiger partial charge in [0.25, 0.3) is 0 Å². The van der Waals surface area contributed by atoms with Gasteiger partial charge in [0.1, 0.15) is 5.75 Å². The third-order valence-electron chi connectivity index (χ3n) is 2.78. The second-order valence-corrected chi connectivity index (χ2v) is 4.28. The normalized spacial score (nSPS) is 10.2. The average molecular weight is 290 g/mol. The van der Waals surface area contributed by atoms with Gasteiger partial charge in [-0.15, -0.1) is 0 Å². The minimum atomic E-state index is -0.663. The predicted octanol–water partition coefficient (Wildman–Crippen LogP) is 3.08. The van der Waals surface area contributed by atoms with Crippen molar-refractivity contribution in [2.45, 2.75) is 13.8 Å². The van der Waals surface area contributed by atoms with Gasteiger partial charge in [-0.05, 0) is 26.0 Å². The minimum Gasteiger partial charge on any atom is -0.462 e. The van der Waals surface area contributed by atoms with Crippen molar-refractivity contribution in [1.82, 2.24) is 4.98 Å². The average Bonchev–Trinajstić information content (AvgIpc) is 2.44. The summed E-state index contributed by atoms with van der Waals surface area (Å²) in [7, 11) is 0. The van der Waals surface area contributed by atoms with Gasteiger partial charge in [-0.2, -0.15) is 0 Å². The fourth-order valence-electron chi connectivity index (χ4n) is 1.73. The highest BCUT2D eigenvalue weighted by atomic mass is 19.1. The van der Waals surface area contributed by atoms with Gasteiger partial charge < -0.3 is 15.2 Å². The molecule has 0 aliphatic heterocycles. The Hall–Kier alpha value is -2.63. The molecule has 2 N–H and O–H groups in total. The Morgan fingerprint density at radius 1 is 1.38 bits per heavy atom. The topological polar surface area (TPSA) is 74.4 Å². The number of nitrogens with two attached hydrogens (primary N) is 1. The van der Waals surface area contributed by atoms with E-state index >= 15 is 0 Å². The molecule has 0 spiro atoms. The summed E-state index contributed by atoms with van der Waals surface area (Å²) >= 11 is 0. The number of carbonyl (C=O) groups excluding carboxylic acids is 1. The Labute approximate surface area is 121 Å². The van der Waals surface area contributed by atoms with Gasteiger partial charge in [0, 0.05) is 24.0 Å². The van der Waals surface area contributed by atoms with Gasteiger partial charge in [-0.25, -0.2) is 9.18 Å². The summed E-state index contributed by atoms with van der Waals surface area (Å²) in [5.41, 5.74) is 6.30. The number of aryl methyl sites for hydroxylation is 1. The molecule has 0 bridgehead atoms. The van der Waals surface area contributed by atoms with Crippen molar-refractivity contribution in [2.24, 2.45) is 0 Å². The van der Waals surface area contributed by atoms with E-state index in [1.165, 1.54) is 6.07 Å². The predicted molar refractivity (Wildman–Crippen MR) is 75.8 cm³/mol. The number of ether oxygens (including phenoxy) is 2. The van der Waals surface area contributed by atoms with Crippen molar-refractivity contribution in [3.05, 3.63) is 47.5 Å². The molecule has 0 atom stereocenters. The van der Waals surface area contributed by atoms with Crippen LogP contribution in [0.3, 0.4) is 0 Å². The molecular weight excluding hydrogens is 275 g/mol. The van der Waals surface area contributed by atoms with Gasteiger partial charge in [-0.1, -0.05) is 0 Å². The molecule has 0 saturated heterocycles. The van der Waals surface area contributed by atoms with Gasteiger partial charge in [0.2, 0.25) is 0 Å². The maximum Gasteiger partial charge on any atom is 0.340 e. The molecule has 1 aromatic carbocycles. The molecule has 2 rings (SSSR count). The molecule has 0 unspecified atom stereocenters. The Kier molecular flexibility index (Phi) is 4.37. The number of carbonyl (C=O) groups is 1. The van der Waals surface area contributed by atoms with Gasteiger partial charge >= 0.3 is 5.97 Å². The van der Waals surface area contributed by atoms with E-state index in [9.17, 15) is 9.18 Å². The lowest BCUT2D eigenvalue weighted by Crippen LogP contribution is -2.09. The largest absolute Gasteiger partial charge is 0.462 e. The molecule has 1 aromatic heterocycles. The lowest BCUT2D eigenvalue weighted by atomic mass is 10.1. The van der Waals surface area contributed by atoms with E-state index < -0.39 is 11.8 Å². The van der Waals surface area contributed by atoms with Crippen LogP contribution in [0.15, 0.2) is 30.5 Å². The standard InChI is InChI=1S/C15H15FN2O3/c1-3-20-15(19)10-7-14(11(16)8-12(10)17)21-13-5-4-6-18-9(13)2/h4-8H,3,17H2,1-2H3. The number of nitrogens with zero attached hydrogens (tertiary/aromatic N) is 1. The van der Waals surface area contributed by atoms with Crippen molar-refractivity contribution in [1.29, 1.82) is 0 Å². The first-order valence-corrected chi connectivity index (χ1v) is 6.38. The number of rotatable bonds is 4. The smallest absolute Gasteiger partial charge is 0.340 e. The van der Waals surface area contributed by atoms with E-state index in [-0.39, 0.29) is 23.6 Å². The highest BCUT2D eigenvalue weighted by Crippen LogP contribution is 2.30. The van der Waals surface area contributed by atoms with E-state index in [1.54, 1.807) is 32.2 Å². The highest BCUT2D eigenvalue weighted by molar-refractivity contribution is 5.95. The van der Waals surface area contributed by atoms with Crippen LogP contribution in [-0.2, 0) is 4.74 Å². The van der Waals surface area contributed by atoms with E-state index in [0.717, 1.165) is 6.07 Å². The monoisotopic (exact) mass is 290 g/mol. The van der Waals surface area contributed by atoms with E-state index in [0.29, 0.717) is 11.4 Å². The maximum atomic E-state index is 13.9. The van der Waals surface area contributed by atoms with Crippen LogP contribution in [-0.4, -0.2) is 17.6 Å². The van der Waals surface area contributed by atoms with Crippen LogP contribution in [0.25, 0.3) is 0 Å². The third-order valence-corrected chi connectivity index (χ3v) is 2.78. The summed E-state index contributed by atoms with van der Waals surface area (Å²) in [6.45, 7) is 3.61. The third kappa shape index (κ3) is 3.28. The fourth-order valence-corrected chi connectivity index (χ4v) is 1.73. The summed E-state index contributed by atoms with van der Waals surface area (Å²) in [6.07, 6.45) is 1.60. The number of esters is 1. The van der Waals surface area contributed by atoms with Crippen molar-refractivity contribution < 1.29 is 18.7 Å². The van der Waals surface area contributed by atoms with E-state index in [1.807, 2.05) is 0 Å². The van der Waals surface area contributed by atoms with Crippen LogP contribution in [0.5, 0.6) is 11.5 Å². The molecule has 110 valence electrons. The fraction of sp³-hybridized carbons (Fsp3) is 0.200. The molecule has 0 radical (unpaired) electrons.